The Morgan fingerprint density at radius 2 is 2.11 bits per heavy atom. The number of thioether (sulfide) groups is 1. The van der Waals surface area contributed by atoms with Crippen molar-refractivity contribution >= 4 is 32.7 Å². The van der Waals surface area contributed by atoms with Crippen LogP contribution in [0, 0.1) is 0 Å². The van der Waals surface area contributed by atoms with Crippen LogP contribution in [0.25, 0.3) is 10.9 Å². The summed E-state index contributed by atoms with van der Waals surface area (Å²) in [5.74, 6) is 1.71. The summed E-state index contributed by atoms with van der Waals surface area (Å²) in [5.41, 5.74) is 0.802. The Kier molecular flexibility index (Phi) is 3.01. The van der Waals surface area contributed by atoms with Crippen molar-refractivity contribution < 1.29 is 8.42 Å². The van der Waals surface area contributed by atoms with E-state index in [0.717, 1.165) is 22.4 Å². The first-order valence-corrected chi connectivity index (χ1v) is 8.24. The van der Waals surface area contributed by atoms with Gasteiger partial charge in [0.1, 0.15) is 0 Å². The lowest BCUT2D eigenvalue weighted by Gasteiger charge is -2.25. The summed E-state index contributed by atoms with van der Waals surface area (Å²) in [4.78, 5) is 4.48. The summed E-state index contributed by atoms with van der Waals surface area (Å²) in [5, 5.41) is 0.836. The smallest absolute Gasteiger partial charge is 0.240 e. The summed E-state index contributed by atoms with van der Waals surface area (Å²) in [7, 11) is -3.40. The minimum atomic E-state index is -3.40. The molecule has 0 aliphatic carbocycles. The second-order valence-corrected chi connectivity index (χ2v) is 7.00. The number of pyridine rings is 1. The van der Waals surface area contributed by atoms with Gasteiger partial charge in [-0.15, -0.1) is 0 Å². The van der Waals surface area contributed by atoms with Crippen molar-refractivity contribution in [3.05, 3.63) is 36.5 Å². The molecule has 1 aliphatic rings. The van der Waals surface area contributed by atoms with Gasteiger partial charge in [-0.2, -0.15) is 11.8 Å². The predicted octanol–water partition coefficient (Wildman–Crippen LogP) is 1.63. The number of fused-ring (bicyclic) bond motifs is 1. The summed E-state index contributed by atoms with van der Waals surface area (Å²) < 4.78 is 27.0. The van der Waals surface area contributed by atoms with Crippen molar-refractivity contribution in [2.24, 2.45) is 0 Å². The predicted molar refractivity (Wildman–Crippen MR) is 73.2 cm³/mol. The van der Waals surface area contributed by atoms with Crippen molar-refractivity contribution in [3.63, 3.8) is 0 Å². The highest BCUT2D eigenvalue weighted by atomic mass is 32.2. The molecule has 18 heavy (non-hydrogen) atoms. The van der Waals surface area contributed by atoms with Crippen molar-refractivity contribution in [3.8, 4) is 0 Å². The van der Waals surface area contributed by atoms with E-state index in [1.54, 1.807) is 42.2 Å². The molecule has 0 amide bonds. The number of hydrogen-bond acceptors (Lipinski definition) is 4. The number of sulfonamides is 1. The molecule has 1 saturated heterocycles. The Bertz CT molecular complexity index is 681. The number of hydrogen-bond donors (Lipinski definition) is 1. The van der Waals surface area contributed by atoms with E-state index in [-0.39, 0.29) is 6.04 Å². The van der Waals surface area contributed by atoms with Gasteiger partial charge in [0.2, 0.25) is 10.0 Å². The SMILES string of the molecule is O=S(=O)(NC1CSC1)c1ccc2ncccc2c1. The second-order valence-electron chi connectivity index (χ2n) is 4.21. The standard InChI is InChI=1S/C12H12N2O2S2/c15-18(16,14-10-7-17-8-10)11-3-4-12-9(6-11)2-1-5-13-12/h1-6,10,14H,7-8H2. The largest absolute Gasteiger partial charge is 0.256 e. The normalized spacial score (nSPS) is 16.7. The molecule has 0 bridgehead atoms. The maximum atomic E-state index is 12.1. The van der Waals surface area contributed by atoms with Crippen LogP contribution < -0.4 is 4.72 Å². The van der Waals surface area contributed by atoms with Crippen LogP contribution in [0.3, 0.4) is 0 Å². The molecule has 6 heteroatoms. The monoisotopic (exact) mass is 280 g/mol. The molecule has 2 heterocycles. The van der Waals surface area contributed by atoms with Gasteiger partial charge in [-0.3, -0.25) is 4.98 Å². The highest BCUT2D eigenvalue weighted by Gasteiger charge is 2.25. The highest BCUT2D eigenvalue weighted by Crippen LogP contribution is 2.21. The van der Waals surface area contributed by atoms with E-state index in [1.807, 2.05) is 6.07 Å². The Balaban J connectivity index is 1.97. The average molecular weight is 280 g/mol. The molecule has 1 aromatic carbocycles. The lowest BCUT2D eigenvalue weighted by molar-refractivity contribution is 0.569. The number of benzene rings is 1. The van der Waals surface area contributed by atoms with Crippen molar-refractivity contribution in [1.29, 1.82) is 0 Å². The number of rotatable bonds is 3. The maximum Gasteiger partial charge on any atom is 0.240 e. The quantitative estimate of drug-likeness (QED) is 0.928. The van der Waals surface area contributed by atoms with Gasteiger partial charge in [0.15, 0.2) is 0 Å². The second kappa shape index (κ2) is 4.53. The molecule has 0 radical (unpaired) electrons. The Morgan fingerprint density at radius 3 is 2.83 bits per heavy atom. The molecule has 0 unspecified atom stereocenters. The first-order valence-electron chi connectivity index (χ1n) is 5.60. The average Bonchev–Trinajstić information content (AvgIpc) is 2.33. The van der Waals surface area contributed by atoms with Crippen LogP contribution in [0.1, 0.15) is 0 Å². The topological polar surface area (TPSA) is 59.1 Å². The van der Waals surface area contributed by atoms with Gasteiger partial charge < -0.3 is 0 Å². The van der Waals surface area contributed by atoms with Gasteiger partial charge in [-0.1, -0.05) is 6.07 Å². The van der Waals surface area contributed by atoms with Crippen LogP contribution >= 0.6 is 11.8 Å². The van der Waals surface area contributed by atoms with Crippen LogP contribution in [0.4, 0.5) is 0 Å². The van der Waals surface area contributed by atoms with E-state index in [1.165, 1.54) is 0 Å². The maximum absolute atomic E-state index is 12.1. The molecule has 94 valence electrons. The molecule has 1 aliphatic heterocycles. The van der Waals surface area contributed by atoms with Gasteiger partial charge in [0, 0.05) is 29.1 Å². The molecule has 4 nitrogen and oxygen atoms in total. The van der Waals surface area contributed by atoms with E-state index in [4.69, 9.17) is 0 Å². The van der Waals surface area contributed by atoms with Gasteiger partial charge in [0.05, 0.1) is 10.4 Å². The van der Waals surface area contributed by atoms with E-state index in [2.05, 4.69) is 9.71 Å². The Morgan fingerprint density at radius 1 is 1.28 bits per heavy atom. The molecule has 1 N–H and O–H groups in total. The first kappa shape index (κ1) is 12.0. The Labute approximate surface area is 110 Å². The lowest BCUT2D eigenvalue weighted by atomic mass is 10.2. The number of nitrogens with one attached hydrogen (secondary N) is 1. The third-order valence-electron chi connectivity index (χ3n) is 2.84. The van der Waals surface area contributed by atoms with Crippen LogP contribution in [-0.4, -0.2) is 30.9 Å². The molecule has 0 saturated carbocycles. The van der Waals surface area contributed by atoms with Crippen LogP contribution in [0.5, 0.6) is 0 Å². The Hall–Kier alpha value is -1.11. The molecule has 1 aromatic heterocycles. The summed E-state index contributed by atoms with van der Waals surface area (Å²) >= 11 is 1.75. The molecule has 0 atom stereocenters. The van der Waals surface area contributed by atoms with Gasteiger partial charge in [-0.05, 0) is 24.3 Å². The third-order valence-corrected chi connectivity index (χ3v) is 5.64. The molecular formula is C12H12N2O2S2. The van der Waals surface area contributed by atoms with Crippen LogP contribution in [0.15, 0.2) is 41.4 Å². The lowest BCUT2D eigenvalue weighted by Crippen LogP contribution is -2.43. The molecule has 1 fully saturated rings. The summed E-state index contributed by atoms with van der Waals surface area (Å²) in [6.07, 6.45) is 1.69. The fourth-order valence-electron chi connectivity index (χ4n) is 1.81. The minimum absolute atomic E-state index is 0.0737. The molecule has 0 spiro atoms. The molecular weight excluding hydrogens is 268 g/mol. The van der Waals surface area contributed by atoms with E-state index >= 15 is 0 Å². The zero-order valence-electron chi connectivity index (χ0n) is 9.54. The summed E-state index contributed by atoms with van der Waals surface area (Å²) in [6, 6.07) is 8.74. The fraction of sp³-hybridized carbons (Fsp3) is 0.250. The zero-order chi connectivity index (χ0) is 12.6. The minimum Gasteiger partial charge on any atom is -0.256 e. The van der Waals surface area contributed by atoms with Crippen LogP contribution in [-0.2, 0) is 10.0 Å². The van der Waals surface area contributed by atoms with Crippen LogP contribution in [0.2, 0.25) is 0 Å². The van der Waals surface area contributed by atoms with Gasteiger partial charge in [-0.25, -0.2) is 13.1 Å². The van der Waals surface area contributed by atoms with E-state index in [9.17, 15) is 8.42 Å². The number of nitrogens with zero attached hydrogens (tertiary/aromatic N) is 1. The fourth-order valence-corrected chi connectivity index (χ4v) is 3.93. The van der Waals surface area contributed by atoms with Gasteiger partial charge in [0.25, 0.3) is 0 Å². The molecule has 2 aromatic rings. The van der Waals surface area contributed by atoms with Crippen molar-refractivity contribution in [2.45, 2.75) is 10.9 Å². The zero-order valence-corrected chi connectivity index (χ0v) is 11.2. The first-order chi connectivity index (χ1) is 8.65. The van der Waals surface area contributed by atoms with Crippen molar-refractivity contribution in [1.82, 2.24) is 9.71 Å². The number of aromatic nitrogens is 1. The third kappa shape index (κ3) is 2.23. The molecule has 3 rings (SSSR count). The van der Waals surface area contributed by atoms with Gasteiger partial charge >= 0.3 is 0 Å². The van der Waals surface area contributed by atoms with Crippen molar-refractivity contribution in [2.75, 3.05) is 11.5 Å². The van der Waals surface area contributed by atoms with E-state index in [0.29, 0.717) is 4.90 Å². The highest BCUT2D eigenvalue weighted by molar-refractivity contribution is 8.00. The van der Waals surface area contributed by atoms with E-state index < -0.39 is 10.0 Å². The summed E-state index contributed by atoms with van der Waals surface area (Å²) in [6.45, 7) is 0.